The molecule has 0 amide bonds. The van der Waals surface area contributed by atoms with Crippen LogP contribution in [0.2, 0.25) is 0 Å². The van der Waals surface area contributed by atoms with Crippen LogP contribution in [0.15, 0.2) is 59.6 Å². The zero-order valence-electron chi connectivity index (χ0n) is 11.0. The molecule has 1 nitrogen and oxygen atoms in total. The highest BCUT2D eigenvalue weighted by atomic mass is 32.1. The van der Waals surface area contributed by atoms with Gasteiger partial charge in [0, 0.05) is 0 Å². The van der Waals surface area contributed by atoms with Crippen molar-refractivity contribution in [3.05, 3.63) is 71.3 Å². The monoisotopic (exact) mass is 267 g/mol. The smallest absolute Gasteiger partial charge is 0.0824 e. The van der Waals surface area contributed by atoms with E-state index in [0.29, 0.717) is 0 Å². The van der Waals surface area contributed by atoms with Crippen molar-refractivity contribution in [2.75, 3.05) is 0 Å². The number of aliphatic imine (C=N–C) groups is 1. The van der Waals surface area contributed by atoms with Crippen LogP contribution in [0.25, 0.3) is 0 Å². The fourth-order valence-corrected chi connectivity index (χ4v) is 2.21. The Morgan fingerprint density at radius 1 is 0.947 bits per heavy atom. The Balaban J connectivity index is 1.97. The molecule has 0 N–H and O–H groups in total. The van der Waals surface area contributed by atoms with Gasteiger partial charge in [-0.2, -0.15) is 0 Å². The Kier molecular flexibility index (Phi) is 5.02. The lowest BCUT2D eigenvalue weighted by Crippen LogP contribution is -1.93. The number of hydrogen-bond acceptors (Lipinski definition) is 2. The third-order valence-electron chi connectivity index (χ3n) is 3.25. The van der Waals surface area contributed by atoms with Gasteiger partial charge in [0.1, 0.15) is 0 Å². The van der Waals surface area contributed by atoms with Gasteiger partial charge >= 0.3 is 0 Å². The van der Waals surface area contributed by atoms with Crippen LogP contribution in [0.5, 0.6) is 0 Å². The van der Waals surface area contributed by atoms with Crippen LogP contribution in [-0.4, -0.2) is 5.16 Å². The maximum Gasteiger partial charge on any atom is 0.0824 e. The zero-order valence-corrected chi connectivity index (χ0v) is 11.9. The summed E-state index contributed by atoms with van der Waals surface area (Å²) in [5, 5.41) is 2.44. The predicted molar refractivity (Wildman–Crippen MR) is 83.7 cm³/mol. The molecule has 0 radical (unpaired) electrons. The van der Waals surface area contributed by atoms with E-state index in [-0.39, 0.29) is 6.04 Å². The van der Waals surface area contributed by atoms with Crippen molar-refractivity contribution in [3.8, 4) is 0 Å². The van der Waals surface area contributed by atoms with Crippen LogP contribution < -0.4 is 0 Å². The first-order chi connectivity index (χ1) is 9.29. The molecule has 0 saturated carbocycles. The molecular weight excluding hydrogens is 250 g/mol. The molecule has 0 spiro atoms. The molecule has 2 rings (SSSR count). The average Bonchev–Trinajstić information content (AvgIpc) is 2.47. The van der Waals surface area contributed by atoms with Crippen molar-refractivity contribution in [2.45, 2.75) is 25.8 Å². The molecule has 2 aromatic carbocycles. The van der Waals surface area contributed by atoms with E-state index in [1.54, 1.807) is 0 Å². The standard InChI is InChI=1S/C17H17NS/c1-14(18-13-19)17-11-9-16(10-12-17)8-7-15-5-3-2-4-6-15/h2-6,9-12,14H,7-8H2,1H3. The number of thiocarbonyl (C=S) groups is 1. The van der Waals surface area contributed by atoms with E-state index < -0.39 is 0 Å². The van der Waals surface area contributed by atoms with E-state index in [1.165, 1.54) is 16.7 Å². The van der Waals surface area contributed by atoms with Gasteiger partial charge in [-0.25, -0.2) is 4.99 Å². The first-order valence-corrected chi connectivity index (χ1v) is 6.90. The molecule has 0 bridgehead atoms. The lowest BCUT2D eigenvalue weighted by atomic mass is 10.0. The minimum absolute atomic E-state index is 0.0978. The molecule has 19 heavy (non-hydrogen) atoms. The summed E-state index contributed by atoms with van der Waals surface area (Å²) in [7, 11) is 0. The molecule has 0 aliphatic heterocycles. The number of rotatable bonds is 5. The highest BCUT2D eigenvalue weighted by Crippen LogP contribution is 2.17. The maximum absolute atomic E-state index is 4.63. The van der Waals surface area contributed by atoms with E-state index >= 15 is 0 Å². The van der Waals surface area contributed by atoms with Crippen LogP contribution in [0.3, 0.4) is 0 Å². The first kappa shape index (κ1) is 13.7. The number of nitrogens with zero attached hydrogens (tertiary/aromatic N) is 1. The maximum atomic E-state index is 4.63. The number of isothiocyanates is 1. The van der Waals surface area contributed by atoms with E-state index in [2.05, 4.69) is 77.0 Å². The van der Waals surface area contributed by atoms with Crippen molar-refractivity contribution >= 4 is 17.4 Å². The van der Waals surface area contributed by atoms with E-state index in [4.69, 9.17) is 0 Å². The number of aryl methyl sites for hydroxylation is 2. The Labute approximate surface area is 120 Å². The second-order valence-corrected chi connectivity index (χ2v) is 4.81. The topological polar surface area (TPSA) is 12.4 Å². The van der Waals surface area contributed by atoms with E-state index in [9.17, 15) is 0 Å². The molecule has 96 valence electrons. The largest absolute Gasteiger partial charge is 0.225 e. The summed E-state index contributed by atoms with van der Waals surface area (Å²) in [6.45, 7) is 2.03. The van der Waals surface area contributed by atoms with Gasteiger partial charge in [0.15, 0.2) is 0 Å². The first-order valence-electron chi connectivity index (χ1n) is 6.49. The minimum atomic E-state index is 0.0978. The second kappa shape index (κ2) is 6.98. The summed E-state index contributed by atoms with van der Waals surface area (Å²) in [5.41, 5.74) is 3.91. The molecule has 2 heteroatoms. The van der Waals surface area contributed by atoms with Crippen molar-refractivity contribution in [3.63, 3.8) is 0 Å². The summed E-state index contributed by atoms with van der Waals surface area (Å²) >= 11 is 4.63. The van der Waals surface area contributed by atoms with E-state index in [1.807, 2.05) is 6.92 Å². The Morgan fingerprint density at radius 2 is 1.53 bits per heavy atom. The molecule has 2 aromatic rings. The Morgan fingerprint density at radius 3 is 2.11 bits per heavy atom. The number of hydrogen-bond donors (Lipinski definition) is 0. The van der Waals surface area contributed by atoms with Gasteiger partial charge in [-0.05, 0) is 48.7 Å². The summed E-state index contributed by atoms with van der Waals surface area (Å²) in [6.07, 6.45) is 2.14. The molecule has 1 unspecified atom stereocenters. The van der Waals surface area contributed by atoms with Crippen LogP contribution >= 0.6 is 12.2 Å². The van der Waals surface area contributed by atoms with Crippen molar-refractivity contribution in [2.24, 2.45) is 4.99 Å². The molecule has 0 heterocycles. The fourth-order valence-electron chi connectivity index (χ4n) is 2.05. The van der Waals surface area contributed by atoms with Crippen LogP contribution in [0, 0.1) is 0 Å². The molecular formula is C17H17NS. The Hall–Kier alpha value is -1.76. The summed E-state index contributed by atoms with van der Waals surface area (Å²) in [5.74, 6) is 0. The normalized spacial score (nSPS) is 11.6. The molecule has 0 aliphatic carbocycles. The molecule has 0 saturated heterocycles. The zero-order chi connectivity index (χ0) is 13.5. The summed E-state index contributed by atoms with van der Waals surface area (Å²) in [4.78, 5) is 4.08. The van der Waals surface area contributed by atoms with Crippen molar-refractivity contribution in [1.82, 2.24) is 0 Å². The lowest BCUT2D eigenvalue weighted by molar-refractivity contribution is 0.825. The van der Waals surface area contributed by atoms with E-state index in [0.717, 1.165) is 12.8 Å². The molecule has 0 aliphatic rings. The van der Waals surface area contributed by atoms with Gasteiger partial charge in [0.2, 0.25) is 0 Å². The van der Waals surface area contributed by atoms with Gasteiger partial charge in [-0.15, -0.1) is 0 Å². The van der Waals surface area contributed by atoms with Gasteiger partial charge in [0.25, 0.3) is 0 Å². The quantitative estimate of drug-likeness (QED) is 0.568. The predicted octanol–water partition coefficient (Wildman–Crippen LogP) is 4.64. The van der Waals surface area contributed by atoms with Crippen LogP contribution in [0.4, 0.5) is 0 Å². The van der Waals surface area contributed by atoms with Gasteiger partial charge in [-0.3, -0.25) is 0 Å². The summed E-state index contributed by atoms with van der Waals surface area (Å²) < 4.78 is 0. The third kappa shape index (κ3) is 4.13. The van der Waals surface area contributed by atoms with Crippen molar-refractivity contribution < 1.29 is 0 Å². The lowest BCUT2D eigenvalue weighted by Gasteiger charge is -2.07. The van der Waals surface area contributed by atoms with Gasteiger partial charge < -0.3 is 0 Å². The third-order valence-corrected chi connectivity index (χ3v) is 3.36. The highest BCUT2D eigenvalue weighted by Gasteiger charge is 2.02. The summed E-state index contributed by atoms with van der Waals surface area (Å²) in [6, 6.07) is 19.3. The van der Waals surface area contributed by atoms with Crippen LogP contribution in [0.1, 0.15) is 29.7 Å². The second-order valence-electron chi connectivity index (χ2n) is 4.62. The minimum Gasteiger partial charge on any atom is -0.225 e. The Bertz CT molecular complexity index is 554. The average molecular weight is 267 g/mol. The SMILES string of the molecule is CC(N=C=S)c1ccc(CCc2ccccc2)cc1. The van der Waals surface area contributed by atoms with Crippen LogP contribution in [-0.2, 0) is 12.8 Å². The van der Waals surface area contributed by atoms with Gasteiger partial charge in [0.05, 0.1) is 11.2 Å². The molecule has 1 atom stereocenters. The number of benzene rings is 2. The molecule has 0 fully saturated rings. The molecule has 0 aromatic heterocycles. The fraction of sp³-hybridized carbons (Fsp3) is 0.235. The van der Waals surface area contributed by atoms with Crippen molar-refractivity contribution in [1.29, 1.82) is 0 Å². The van der Waals surface area contributed by atoms with Gasteiger partial charge in [-0.1, -0.05) is 54.6 Å². The highest BCUT2D eigenvalue weighted by molar-refractivity contribution is 7.78.